The summed E-state index contributed by atoms with van der Waals surface area (Å²) in [7, 11) is 0. The molecule has 2 nitrogen and oxygen atoms in total. The van der Waals surface area contributed by atoms with Crippen molar-refractivity contribution in [3.63, 3.8) is 0 Å². The Balaban J connectivity index is 2.43. The molecule has 0 amide bonds. The van der Waals surface area contributed by atoms with Gasteiger partial charge in [-0.3, -0.25) is 4.79 Å². The number of aryl methyl sites for hydroxylation is 1. The number of thioether (sulfide) groups is 1. The number of carbonyl (C=O) groups excluding carboxylic acids is 1. The molecule has 1 aromatic carbocycles. The third kappa shape index (κ3) is 1.32. The molecule has 3 heteroatoms. The van der Waals surface area contributed by atoms with Gasteiger partial charge in [-0.2, -0.15) is 0 Å². The van der Waals surface area contributed by atoms with Crippen LogP contribution in [0.2, 0.25) is 0 Å². The Kier molecular flexibility index (Phi) is 1.81. The molecule has 0 radical (unpaired) electrons. The summed E-state index contributed by atoms with van der Waals surface area (Å²) >= 11 is 1.54. The fourth-order valence-electron chi connectivity index (χ4n) is 1.10. The molecule has 1 aliphatic rings. The number of benzene rings is 1. The summed E-state index contributed by atoms with van der Waals surface area (Å²) in [5.41, 5.74) is 1.19. The van der Waals surface area contributed by atoms with Crippen molar-refractivity contribution in [3.05, 3.63) is 23.8 Å². The zero-order chi connectivity index (χ0) is 8.55. The molecule has 2 rings (SSSR count). The molecule has 62 valence electrons. The first kappa shape index (κ1) is 7.68. The molecule has 0 fully saturated rings. The van der Waals surface area contributed by atoms with E-state index in [4.69, 9.17) is 4.74 Å². The molecule has 0 spiro atoms. The predicted octanol–water partition coefficient (Wildman–Crippen LogP) is 2.01. The second-order valence-electron chi connectivity index (χ2n) is 2.71. The molecule has 0 unspecified atom stereocenters. The molecule has 12 heavy (non-hydrogen) atoms. The van der Waals surface area contributed by atoms with Crippen LogP contribution in [0.3, 0.4) is 0 Å². The molecule has 0 atom stereocenters. The standard InChI is InChI=1S/C9H8O2S/c1-6-2-3-7-8(4-6)12-5-9(10)11-7/h2-4H,5H2,1H3. The number of ether oxygens (including phenoxy) is 1. The Labute approximate surface area is 74.9 Å². The van der Waals surface area contributed by atoms with Crippen molar-refractivity contribution in [2.75, 3.05) is 5.75 Å². The Hall–Kier alpha value is -0.960. The summed E-state index contributed by atoms with van der Waals surface area (Å²) in [5.74, 6) is 0.967. The van der Waals surface area contributed by atoms with Crippen molar-refractivity contribution < 1.29 is 9.53 Å². The van der Waals surface area contributed by atoms with Crippen LogP contribution in [0.15, 0.2) is 23.1 Å². The maximum absolute atomic E-state index is 10.9. The highest BCUT2D eigenvalue weighted by Gasteiger charge is 2.16. The zero-order valence-corrected chi connectivity index (χ0v) is 7.48. The molecule has 0 aliphatic carbocycles. The molecule has 0 aromatic heterocycles. The maximum atomic E-state index is 10.9. The first-order valence-electron chi connectivity index (χ1n) is 3.70. The van der Waals surface area contributed by atoms with Gasteiger partial charge in [-0.05, 0) is 24.6 Å². The number of rotatable bonds is 0. The van der Waals surface area contributed by atoms with Crippen LogP contribution in [0, 0.1) is 6.92 Å². The van der Waals surface area contributed by atoms with Gasteiger partial charge in [0.15, 0.2) is 0 Å². The minimum atomic E-state index is -0.156. The first-order chi connectivity index (χ1) is 5.75. The lowest BCUT2D eigenvalue weighted by Crippen LogP contribution is -2.15. The summed E-state index contributed by atoms with van der Waals surface area (Å²) in [6.45, 7) is 2.03. The van der Waals surface area contributed by atoms with Crippen LogP contribution in [0.4, 0.5) is 0 Å². The van der Waals surface area contributed by atoms with Gasteiger partial charge in [0.2, 0.25) is 0 Å². The van der Waals surface area contributed by atoms with Crippen LogP contribution in [0.1, 0.15) is 5.56 Å². The molecular weight excluding hydrogens is 172 g/mol. The van der Waals surface area contributed by atoms with E-state index in [1.165, 1.54) is 17.3 Å². The van der Waals surface area contributed by atoms with E-state index in [0.717, 1.165) is 4.90 Å². The largest absolute Gasteiger partial charge is 0.425 e. The van der Waals surface area contributed by atoms with Gasteiger partial charge in [0.25, 0.3) is 0 Å². The van der Waals surface area contributed by atoms with Gasteiger partial charge in [0.1, 0.15) is 5.75 Å². The van der Waals surface area contributed by atoms with E-state index >= 15 is 0 Å². The summed E-state index contributed by atoms with van der Waals surface area (Å²) in [6.07, 6.45) is 0. The third-order valence-electron chi connectivity index (χ3n) is 1.67. The van der Waals surface area contributed by atoms with Crippen LogP contribution in [-0.4, -0.2) is 11.7 Å². The highest BCUT2D eigenvalue weighted by molar-refractivity contribution is 8.00. The normalized spacial score (nSPS) is 15.2. The second kappa shape index (κ2) is 2.83. The highest BCUT2D eigenvalue weighted by Crippen LogP contribution is 2.33. The average molecular weight is 180 g/mol. The van der Waals surface area contributed by atoms with Crippen LogP contribution >= 0.6 is 11.8 Å². The Morgan fingerprint density at radius 1 is 1.50 bits per heavy atom. The fraction of sp³-hybridized carbons (Fsp3) is 0.222. The van der Waals surface area contributed by atoms with Crippen LogP contribution < -0.4 is 4.74 Å². The van der Waals surface area contributed by atoms with Crippen molar-refractivity contribution in [2.24, 2.45) is 0 Å². The molecule has 0 bridgehead atoms. The van der Waals surface area contributed by atoms with Gasteiger partial charge < -0.3 is 4.74 Å². The van der Waals surface area contributed by atoms with Crippen molar-refractivity contribution >= 4 is 17.7 Å². The summed E-state index contributed by atoms with van der Waals surface area (Å²) < 4.78 is 5.03. The molecule has 0 N–H and O–H groups in total. The van der Waals surface area contributed by atoms with E-state index in [1.54, 1.807) is 0 Å². The van der Waals surface area contributed by atoms with Gasteiger partial charge in [-0.1, -0.05) is 6.07 Å². The van der Waals surface area contributed by atoms with E-state index in [0.29, 0.717) is 11.5 Å². The lowest BCUT2D eigenvalue weighted by molar-refractivity contribution is -0.131. The minimum absolute atomic E-state index is 0.156. The third-order valence-corrected chi connectivity index (χ3v) is 2.68. The lowest BCUT2D eigenvalue weighted by Gasteiger charge is -2.14. The fourth-order valence-corrected chi connectivity index (χ4v) is 1.95. The van der Waals surface area contributed by atoms with Gasteiger partial charge in [-0.15, -0.1) is 11.8 Å². The zero-order valence-electron chi connectivity index (χ0n) is 6.66. The van der Waals surface area contributed by atoms with E-state index in [9.17, 15) is 4.79 Å². The van der Waals surface area contributed by atoms with Gasteiger partial charge in [0.05, 0.1) is 10.6 Å². The van der Waals surface area contributed by atoms with Gasteiger partial charge >= 0.3 is 5.97 Å². The number of carbonyl (C=O) groups is 1. The molecule has 1 aromatic rings. The van der Waals surface area contributed by atoms with E-state index in [-0.39, 0.29) is 5.97 Å². The van der Waals surface area contributed by atoms with Crippen molar-refractivity contribution in [3.8, 4) is 5.75 Å². The number of fused-ring (bicyclic) bond motifs is 1. The Morgan fingerprint density at radius 2 is 2.33 bits per heavy atom. The van der Waals surface area contributed by atoms with Crippen molar-refractivity contribution in [1.29, 1.82) is 0 Å². The van der Waals surface area contributed by atoms with E-state index in [1.807, 2.05) is 25.1 Å². The number of esters is 1. The smallest absolute Gasteiger partial charge is 0.321 e. The average Bonchev–Trinajstić information content (AvgIpc) is 2.05. The molecule has 1 aliphatic heterocycles. The lowest BCUT2D eigenvalue weighted by atomic mass is 10.2. The molecule has 0 saturated heterocycles. The Morgan fingerprint density at radius 3 is 3.17 bits per heavy atom. The van der Waals surface area contributed by atoms with Crippen LogP contribution in [0.25, 0.3) is 0 Å². The summed E-state index contributed by atoms with van der Waals surface area (Å²) in [5, 5.41) is 0. The number of hydrogen-bond acceptors (Lipinski definition) is 3. The first-order valence-corrected chi connectivity index (χ1v) is 4.68. The SMILES string of the molecule is Cc1ccc2c(c1)SCC(=O)O2. The maximum Gasteiger partial charge on any atom is 0.321 e. The van der Waals surface area contributed by atoms with Crippen molar-refractivity contribution in [2.45, 2.75) is 11.8 Å². The summed E-state index contributed by atoms with van der Waals surface area (Å²) in [6, 6.07) is 5.82. The molecule has 0 saturated carbocycles. The topological polar surface area (TPSA) is 26.3 Å². The van der Waals surface area contributed by atoms with Crippen LogP contribution in [0.5, 0.6) is 5.75 Å². The van der Waals surface area contributed by atoms with E-state index in [2.05, 4.69) is 0 Å². The van der Waals surface area contributed by atoms with Gasteiger partial charge in [0, 0.05) is 0 Å². The molecule has 1 heterocycles. The Bertz CT molecular complexity index is 333. The number of hydrogen-bond donors (Lipinski definition) is 0. The second-order valence-corrected chi connectivity index (χ2v) is 3.73. The van der Waals surface area contributed by atoms with Crippen LogP contribution in [-0.2, 0) is 4.79 Å². The van der Waals surface area contributed by atoms with Crippen molar-refractivity contribution in [1.82, 2.24) is 0 Å². The van der Waals surface area contributed by atoms with E-state index < -0.39 is 0 Å². The van der Waals surface area contributed by atoms with Gasteiger partial charge in [-0.25, -0.2) is 0 Å². The summed E-state index contributed by atoms with van der Waals surface area (Å²) in [4.78, 5) is 11.9. The highest BCUT2D eigenvalue weighted by atomic mass is 32.2. The monoisotopic (exact) mass is 180 g/mol. The minimum Gasteiger partial charge on any atom is -0.425 e. The predicted molar refractivity (Wildman–Crippen MR) is 47.5 cm³/mol. The molecular formula is C9H8O2S. The quantitative estimate of drug-likeness (QED) is 0.451.